The van der Waals surface area contributed by atoms with Crippen LogP contribution < -0.4 is 4.90 Å². The van der Waals surface area contributed by atoms with Crippen LogP contribution in [0.4, 0.5) is 19.0 Å². The number of nitriles is 1. The molecule has 0 aliphatic carbocycles. The van der Waals surface area contributed by atoms with Crippen LogP contribution in [0.1, 0.15) is 54.4 Å². The second kappa shape index (κ2) is 10.3. The van der Waals surface area contributed by atoms with E-state index in [1.54, 1.807) is 16.6 Å². The third-order valence-electron chi connectivity index (χ3n) is 7.69. The van der Waals surface area contributed by atoms with Crippen molar-refractivity contribution in [1.29, 1.82) is 5.26 Å². The number of nitrogens with zero attached hydrogens (tertiary/aromatic N) is 5. The number of aromatic nitrogens is 3. The number of halogens is 3. The Labute approximate surface area is 222 Å². The van der Waals surface area contributed by atoms with Crippen LogP contribution in [0.2, 0.25) is 18.1 Å². The standard InChI is InChI=1S/C27H34F3N5O2Si/c1-18-19(8-7-9-21(18)27(28,29)30)14-23-22(17-37-38(5,6)26(2,3)4)32-25-20(16-31)15-24(33-35(23)25)34-10-12-36-13-11-34/h7-9,15H,10-14,17H2,1-6H3. The molecule has 2 aromatic heterocycles. The Balaban J connectivity index is 1.86. The summed E-state index contributed by atoms with van der Waals surface area (Å²) in [6, 6.07) is 8.16. The van der Waals surface area contributed by atoms with Gasteiger partial charge < -0.3 is 14.1 Å². The van der Waals surface area contributed by atoms with Crippen LogP contribution in [-0.2, 0) is 28.4 Å². The molecule has 4 rings (SSSR count). The van der Waals surface area contributed by atoms with Gasteiger partial charge in [-0.15, -0.1) is 5.10 Å². The van der Waals surface area contributed by atoms with E-state index in [9.17, 15) is 18.4 Å². The van der Waals surface area contributed by atoms with E-state index >= 15 is 0 Å². The number of imidazole rings is 1. The molecule has 1 aliphatic rings. The maximum absolute atomic E-state index is 13.7. The van der Waals surface area contributed by atoms with Crippen molar-refractivity contribution >= 4 is 19.8 Å². The number of benzene rings is 1. The predicted octanol–water partition coefficient (Wildman–Crippen LogP) is 5.88. The Bertz CT molecular complexity index is 1370. The number of fused-ring (bicyclic) bond motifs is 1. The molecule has 0 atom stereocenters. The van der Waals surface area contributed by atoms with Crippen molar-refractivity contribution in [2.75, 3.05) is 31.2 Å². The van der Waals surface area contributed by atoms with Gasteiger partial charge in [-0.2, -0.15) is 18.4 Å². The van der Waals surface area contributed by atoms with Crippen molar-refractivity contribution in [3.63, 3.8) is 0 Å². The van der Waals surface area contributed by atoms with Crippen LogP contribution >= 0.6 is 0 Å². The van der Waals surface area contributed by atoms with Crippen molar-refractivity contribution in [2.45, 2.75) is 65.0 Å². The number of morpholine rings is 1. The van der Waals surface area contributed by atoms with Gasteiger partial charge in [0.2, 0.25) is 0 Å². The summed E-state index contributed by atoms with van der Waals surface area (Å²) in [5, 5.41) is 14.7. The Hall–Kier alpha value is -2.94. The molecule has 0 N–H and O–H groups in total. The van der Waals surface area contributed by atoms with E-state index < -0.39 is 20.1 Å². The van der Waals surface area contributed by atoms with Crippen LogP contribution in [0.25, 0.3) is 5.65 Å². The molecule has 0 bridgehead atoms. The fourth-order valence-electron chi connectivity index (χ4n) is 4.25. The van der Waals surface area contributed by atoms with E-state index in [-0.39, 0.29) is 23.6 Å². The number of anilines is 1. The maximum Gasteiger partial charge on any atom is 0.416 e. The van der Waals surface area contributed by atoms with Gasteiger partial charge >= 0.3 is 6.18 Å². The van der Waals surface area contributed by atoms with Gasteiger partial charge in [0.15, 0.2) is 19.8 Å². The Kier molecular flexibility index (Phi) is 7.62. The second-order valence-corrected chi connectivity index (χ2v) is 16.0. The molecule has 1 saturated heterocycles. The molecule has 0 amide bonds. The first-order chi connectivity index (χ1) is 17.7. The third kappa shape index (κ3) is 5.58. The predicted molar refractivity (Wildman–Crippen MR) is 142 cm³/mol. The second-order valence-electron chi connectivity index (χ2n) is 11.2. The molecule has 7 nitrogen and oxygen atoms in total. The number of hydrogen-bond donors (Lipinski definition) is 0. The quantitative estimate of drug-likeness (QED) is 0.360. The average Bonchev–Trinajstić information content (AvgIpc) is 3.20. The van der Waals surface area contributed by atoms with Gasteiger partial charge in [-0.25, -0.2) is 9.50 Å². The topological polar surface area (TPSA) is 75.7 Å². The summed E-state index contributed by atoms with van der Waals surface area (Å²) in [4.78, 5) is 6.80. The first kappa shape index (κ1) is 28.1. The van der Waals surface area contributed by atoms with Gasteiger partial charge in [0.25, 0.3) is 0 Å². The third-order valence-corrected chi connectivity index (χ3v) is 12.2. The molecule has 204 valence electrons. The monoisotopic (exact) mass is 545 g/mol. The number of hydrogen-bond acceptors (Lipinski definition) is 6. The fraction of sp³-hybridized carbons (Fsp3) is 0.519. The van der Waals surface area contributed by atoms with Gasteiger partial charge in [0.1, 0.15) is 11.6 Å². The van der Waals surface area contributed by atoms with Crippen molar-refractivity contribution in [3.8, 4) is 6.07 Å². The van der Waals surface area contributed by atoms with Crippen LogP contribution in [-0.4, -0.2) is 49.2 Å². The van der Waals surface area contributed by atoms with Gasteiger partial charge in [-0.05, 0) is 42.2 Å². The first-order valence-corrected chi connectivity index (χ1v) is 15.6. The Morgan fingerprint density at radius 1 is 1.16 bits per heavy atom. The lowest BCUT2D eigenvalue weighted by atomic mass is 9.98. The van der Waals surface area contributed by atoms with Crippen molar-refractivity contribution in [2.24, 2.45) is 0 Å². The molecule has 0 saturated carbocycles. The Morgan fingerprint density at radius 2 is 1.84 bits per heavy atom. The minimum absolute atomic E-state index is 0.0382. The summed E-state index contributed by atoms with van der Waals surface area (Å²) < 4.78 is 54.5. The molecule has 0 unspecified atom stereocenters. The lowest BCUT2D eigenvalue weighted by molar-refractivity contribution is -0.138. The summed E-state index contributed by atoms with van der Waals surface area (Å²) in [5.41, 5.74) is 1.94. The van der Waals surface area contributed by atoms with Crippen LogP contribution in [0.15, 0.2) is 24.3 Å². The largest absolute Gasteiger partial charge is 0.416 e. The van der Waals surface area contributed by atoms with E-state index in [0.717, 1.165) is 6.07 Å². The summed E-state index contributed by atoms with van der Waals surface area (Å²) in [6.07, 6.45) is -4.29. The molecule has 3 heterocycles. The molecule has 1 aliphatic heterocycles. The van der Waals surface area contributed by atoms with Gasteiger partial charge in [-0.3, -0.25) is 0 Å². The molecular formula is C27H34F3N5O2Si. The van der Waals surface area contributed by atoms with Crippen molar-refractivity contribution < 1.29 is 22.3 Å². The number of alkyl halides is 3. The summed E-state index contributed by atoms with van der Waals surface area (Å²) in [5.74, 6) is 0.605. The molecule has 1 aromatic carbocycles. The number of ether oxygens (including phenoxy) is 1. The van der Waals surface area contributed by atoms with Gasteiger partial charge in [0.05, 0.1) is 36.8 Å². The minimum Gasteiger partial charge on any atom is -0.411 e. The normalized spacial score (nSPS) is 15.2. The summed E-state index contributed by atoms with van der Waals surface area (Å²) in [6.45, 7) is 14.7. The van der Waals surface area contributed by atoms with Crippen molar-refractivity contribution in [1.82, 2.24) is 14.6 Å². The minimum atomic E-state index is -4.45. The maximum atomic E-state index is 13.7. The lowest BCUT2D eigenvalue weighted by Crippen LogP contribution is -2.40. The lowest BCUT2D eigenvalue weighted by Gasteiger charge is -2.36. The molecule has 11 heteroatoms. The SMILES string of the molecule is Cc1c(Cc2c(CO[Si](C)(C)C(C)(C)C)nc3c(C#N)cc(N4CCOCC4)nn23)cccc1C(F)(F)F. The highest BCUT2D eigenvalue weighted by Gasteiger charge is 2.38. The van der Waals surface area contributed by atoms with E-state index in [1.165, 1.54) is 13.0 Å². The molecular weight excluding hydrogens is 511 g/mol. The zero-order chi connectivity index (χ0) is 27.9. The highest BCUT2D eigenvalue weighted by molar-refractivity contribution is 6.74. The van der Waals surface area contributed by atoms with Crippen LogP contribution in [0.5, 0.6) is 0 Å². The number of rotatable bonds is 6. The zero-order valence-corrected chi connectivity index (χ0v) is 23.7. The molecule has 0 radical (unpaired) electrons. The zero-order valence-electron chi connectivity index (χ0n) is 22.7. The average molecular weight is 546 g/mol. The highest BCUT2D eigenvalue weighted by Crippen LogP contribution is 2.38. The van der Waals surface area contributed by atoms with E-state index in [0.29, 0.717) is 60.3 Å². The van der Waals surface area contributed by atoms with E-state index in [2.05, 4.69) is 39.9 Å². The van der Waals surface area contributed by atoms with Gasteiger partial charge in [-0.1, -0.05) is 32.9 Å². The van der Waals surface area contributed by atoms with Crippen LogP contribution in [0, 0.1) is 18.3 Å². The highest BCUT2D eigenvalue weighted by atomic mass is 28.4. The van der Waals surface area contributed by atoms with E-state index in [4.69, 9.17) is 19.2 Å². The van der Waals surface area contributed by atoms with Gasteiger partial charge in [0, 0.05) is 25.6 Å². The molecule has 38 heavy (non-hydrogen) atoms. The first-order valence-electron chi connectivity index (χ1n) is 12.7. The molecule has 1 fully saturated rings. The summed E-state index contributed by atoms with van der Waals surface area (Å²) in [7, 11) is -2.16. The van der Waals surface area contributed by atoms with Crippen molar-refractivity contribution in [3.05, 3.63) is 57.9 Å². The smallest absolute Gasteiger partial charge is 0.411 e. The molecule has 3 aromatic rings. The Morgan fingerprint density at radius 3 is 2.45 bits per heavy atom. The van der Waals surface area contributed by atoms with E-state index in [1.807, 2.05) is 4.90 Å². The van der Waals surface area contributed by atoms with Crippen LogP contribution in [0.3, 0.4) is 0 Å². The fourth-order valence-corrected chi connectivity index (χ4v) is 5.18. The summed E-state index contributed by atoms with van der Waals surface area (Å²) >= 11 is 0. The molecule has 0 spiro atoms.